The predicted octanol–water partition coefficient (Wildman–Crippen LogP) is 3.67. The minimum absolute atomic E-state index is 0.126. The van der Waals surface area contributed by atoms with Gasteiger partial charge in [0.05, 0.1) is 0 Å². The lowest BCUT2D eigenvalue weighted by atomic mass is 10.0. The van der Waals surface area contributed by atoms with Crippen LogP contribution in [-0.4, -0.2) is 6.04 Å². The Morgan fingerprint density at radius 1 is 1.25 bits per heavy atom. The summed E-state index contributed by atoms with van der Waals surface area (Å²) >= 11 is 0. The third-order valence-electron chi connectivity index (χ3n) is 2.67. The number of unbranched alkanes of at least 4 members (excludes halogenated alkanes) is 1. The number of aryl methyl sites for hydroxylation is 1. The van der Waals surface area contributed by atoms with E-state index in [4.69, 9.17) is 0 Å². The fourth-order valence-electron chi connectivity index (χ4n) is 1.68. The first-order chi connectivity index (χ1) is 7.63. The Morgan fingerprint density at radius 3 is 2.62 bits per heavy atom. The molecule has 0 atom stereocenters. The molecule has 0 spiro atoms. The zero-order valence-electron chi connectivity index (χ0n) is 10.5. The van der Waals surface area contributed by atoms with Crippen molar-refractivity contribution in [3.8, 4) is 0 Å². The van der Waals surface area contributed by atoms with Crippen molar-refractivity contribution in [2.24, 2.45) is 0 Å². The quantitative estimate of drug-likeness (QED) is 0.776. The van der Waals surface area contributed by atoms with Crippen LogP contribution in [-0.2, 0) is 13.0 Å². The molecule has 0 saturated heterocycles. The number of benzene rings is 1. The molecular weight excluding hydrogens is 201 g/mol. The standard InChI is InChI=1S/C14H22FN/c1-4-5-6-12-9-14(15)8-7-13(12)10-16-11(2)3/h7-9,11,16H,4-6,10H2,1-3H3. The van der Waals surface area contributed by atoms with Gasteiger partial charge in [0, 0.05) is 12.6 Å². The molecule has 0 saturated carbocycles. The van der Waals surface area contributed by atoms with Crippen molar-refractivity contribution in [3.05, 3.63) is 35.1 Å². The number of rotatable bonds is 6. The van der Waals surface area contributed by atoms with Gasteiger partial charge in [-0.05, 0) is 36.1 Å². The molecule has 1 N–H and O–H groups in total. The highest BCUT2D eigenvalue weighted by molar-refractivity contribution is 5.28. The van der Waals surface area contributed by atoms with E-state index in [0.29, 0.717) is 6.04 Å². The SMILES string of the molecule is CCCCc1cc(F)ccc1CNC(C)C. The van der Waals surface area contributed by atoms with Crippen LogP contribution in [0.25, 0.3) is 0 Å². The molecule has 16 heavy (non-hydrogen) atoms. The third-order valence-corrected chi connectivity index (χ3v) is 2.67. The Hall–Kier alpha value is -0.890. The summed E-state index contributed by atoms with van der Waals surface area (Å²) in [5, 5.41) is 3.38. The van der Waals surface area contributed by atoms with Gasteiger partial charge in [0.25, 0.3) is 0 Å². The van der Waals surface area contributed by atoms with E-state index in [0.717, 1.165) is 31.4 Å². The first-order valence-corrected chi connectivity index (χ1v) is 6.14. The van der Waals surface area contributed by atoms with E-state index in [-0.39, 0.29) is 5.82 Å². The van der Waals surface area contributed by atoms with E-state index in [1.807, 2.05) is 6.07 Å². The second kappa shape index (κ2) is 6.64. The van der Waals surface area contributed by atoms with Gasteiger partial charge in [-0.1, -0.05) is 33.3 Å². The average molecular weight is 223 g/mol. The maximum Gasteiger partial charge on any atom is 0.123 e. The van der Waals surface area contributed by atoms with Gasteiger partial charge in [-0.2, -0.15) is 0 Å². The summed E-state index contributed by atoms with van der Waals surface area (Å²) in [5.41, 5.74) is 2.37. The van der Waals surface area contributed by atoms with Crippen molar-refractivity contribution in [3.63, 3.8) is 0 Å². The Bertz CT molecular complexity index is 321. The number of hydrogen-bond acceptors (Lipinski definition) is 1. The van der Waals surface area contributed by atoms with Gasteiger partial charge < -0.3 is 5.32 Å². The largest absolute Gasteiger partial charge is 0.310 e. The van der Waals surface area contributed by atoms with Crippen molar-refractivity contribution < 1.29 is 4.39 Å². The van der Waals surface area contributed by atoms with Crippen LogP contribution >= 0.6 is 0 Å². The van der Waals surface area contributed by atoms with Crippen LogP contribution < -0.4 is 5.32 Å². The van der Waals surface area contributed by atoms with E-state index in [2.05, 4.69) is 26.1 Å². The van der Waals surface area contributed by atoms with Crippen LogP contribution in [0.3, 0.4) is 0 Å². The molecule has 0 aliphatic rings. The summed E-state index contributed by atoms with van der Waals surface area (Å²) < 4.78 is 13.2. The second-order valence-electron chi connectivity index (χ2n) is 4.55. The second-order valence-corrected chi connectivity index (χ2v) is 4.55. The Balaban J connectivity index is 2.72. The number of nitrogens with one attached hydrogen (secondary N) is 1. The molecule has 0 heterocycles. The normalized spacial score (nSPS) is 11.1. The van der Waals surface area contributed by atoms with Crippen molar-refractivity contribution in [1.29, 1.82) is 0 Å². The summed E-state index contributed by atoms with van der Waals surface area (Å²) in [6.45, 7) is 7.23. The van der Waals surface area contributed by atoms with Gasteiger partial charge in [0.1, 0.15) is 5.82 Å². The highest BCUT2D eigenvalue weighted by atomic mass is 19.1. The average Bonchev–Trinajstić information content (AvgIpc) is 2.24. The molecule has 1 aromatic rings. The highest BCUT2D eigenvalue weighted by Crippen LogP contribution is 2.14. The summed E-state index contributed by atoms with van der Waals surface area (Å²) in [6, 6.07) is 5.58. The molecule has 0 aliphatic carbocycles. The maximum atomic E-state index is 13.2. The smallest absolute Gasteiger partial charge is 0.123 e. The van der Waals surface area contributed by atoms with Gasteiger partial charge in [0.15, 0.2) is 0 Å². The third kappa shape index (κ3) is 4.31. The Morgan fingerprint density at radius 2 is 2.00 bits per heavy atom. The fourth-order valence-corrected chi connectivity index (χ4v) is 1.68. The van der Waals surface area contributed by atoms with Gasteiger partial charge in [0.2, 0.25) is 0 Å². The van der Waals surface area contributed by atoms with Crippen molar-refractivity contribution in [2.45, 2.75) is 52.6 Å². The lowest BCUT2D eigenvalue weighted by Gasteiger charge is -2.12. The van der Waals surface area contributed by atoms with Crippen LogP contribution in [0.5, 0.6) is 0 Å². The fraction of sp³-hybridized carbons (Fsp3) is 0.571. The predicted molar refractivity (Wildman–Crippen MR) is 67.0 cm³/mol. The monoisotopic (exact) mass is 223 g/mol. The van der Waals surface area contributed by atoms with Gasteiger partial charge in [-0.3, -0.25) is 0 Å². The van der Waals surface area contributed by atoms with Crippen LogP contribution in [0, 0.1) is 5.82 Å². The summed E-state index contributed by atoms with van der Waals surface area (Å²) in [7, 11) is 0. The molecule has 90 valence electrons. The van der Waals surface area contributed by atoms with Gasteiger partial charge >= 0.3 is 0 Å². The first kappa shape index (κ1) is 13.2. The van der Waals surface area contributed by atoms with Crippen LogP contribution in [0.2, 0.25) is 0 Å². The lowest BCUT2D eigenvalue weighted by molar-refractivity contribution is 0.581. The first-order valence-electron chi connectivity index (χ1n) is 6.14. The molecule has 1 rings (SSSR count). The van der Waals surface area contributed by atoms with Crippen LogP contribution in [0.4, 0.5) is 4.39 Å². The molecule has 2 heteroatoms. The van der Waals surface area contributed by atoms with E-state index in [9.17, 15) is 4.39 Å². The molecule has 0 bridgehead atoms. The molecule has 0 unspecified atom stereocenters. The number of halogens is 1. The molecule has 1 nitrogen and oxygen atoms in total. The van der Waals surface area contributed by atoms with Gasteiger partial charge in [-0.15, -0.1) is 0 Å². The maximum absolute atomic E-state index is 13.2. The lowest BCUT2D eigenvalue weighted by Crippen LogP contribution is -2.22. The molecule has 1 aromatic carbocycles. The van der Waals surface area contributed by atoms with E-state index >= 15 is 0 Å². The molecule has 0 radical (unpaired) electrons. The van der Waals surface area contributed by atoms with Crippen molar-refractivity contribution in [1.82, 2.24) is 5.32 Å². The zero-order chi connectivity index (χ0) is 12.0. The van der Waals surface area contributed by atoms with Crippen LogP contribution in [0.1, 0.15) is 44.7 Å². The molecule has 0 aliphatic heterocycles. The summed E-state index contributed by atoms with van der Waals surface area (Å²) in [5.74, 6) is -0.126. The summed E-state index contributed by atoms with van der Waals surface area (Å²) in [4.78, 5) is 0. The zero-order valence-corrected chi connectivity index (χ0v) is 10.5. The van der Waals surface area contributed by atoms with E-state index in [1.54, 1.807) is 12.1 Å². The Kier molecular flexibility index (Phi) is 5.47. The van der Waals surface area contributed by atoms with Crippen molar-refractivity contribution >= 4 is 0 Å². The number of hydrogen-bond donors (Lipinski definition) is 1. The minimum atomic E-state index is -0.126. The Labute approximate surface area is 98.1 Å². The highest BCUT2D eigenvalue weighted by Gasteiger charge is 2.04. The van der Waals surface area contributed by atoms with Crippen molar-refractivity contribution in [2.75, 3.05) is 0 Å². The van der Waals surface area contributed by atoms with Crippen LogP contribution in [0.15, 0.2) is 18.2 Å². The van der Waals surface area contributed by atoms with Gasteiger partial charge in [-0.25, -0.2) is 4.39 Å². The minimum Gasteiger partial charge on any atom is -0.310 e. The topological polar surface area (TPSA) is 12.0 Å². The molecular formula is C14H22FN. The van der Waals surface area contributed by atoms with E-state index in [1.165, 1.54) is 5.56 Å². The molecule has 0 amide bonds. The molecule has 0 aromatic heterocycles. The molecule has 0 fully saturated rings. The summed E-state index contributed by atoms with van der Waals surface area (Å²) in [6.07, 6.45) is 3.25. The van der Waals surface area contributed by atoms with E-state index < -0.39 is 0 Å².